The number of carbonyl (C=O) groups is 2. The third-order valence-electron chi connectivity index (χ3n) is 4.84. The molecule has 0 aliphatic carbocycles. The number of nitrogens with one attached hydrogen (secondary N) is 1. The zero-order valence-electron chi connectivity index (χ0n) is 16.0. The first-order chi connectivity index (χ1) is 14.2. The number of hydrogen-bond donors (Lipinski definition) is 1. The number of rotatable bonds is 6. The second-order valence-electron chi connectivity index (χ2n) is 6.95. The van der Waals surface area contributed by atoms with Gasteiger partial charge in [0, 0.05) is 19.3 Å². The summed E-state index contributed by atoms with van der Waals surface area (Å²) < 4.78 is 16.6. The van der Waals surface area contributed by atoms with Crippen molar-refractivity contribution >= 4 is 17.7 Å². The lowest BCUT2D eigenvalue weighted by Crippen LogP contribution is -2.42. The number of hydrogen-bond acceptors (Lipinski definition) is 7. The molecule has 0 radical (unpaired) electrons. The van der Waals surface area contributed by atoms with Crippen LogP contribution in [0.15, 0.2) is 42.6 Å². The van der Waals surface area contributed by atoms with Gasteiger partial charge in [0.25, 0.3) is 5.91 Å². The van der Waals surface area contributed by atoms with Crippen molar-refractivity contribution in [3.8, 4) is 11.5 Å². The van der Waals surface area contributed by atoms with Crippen molar-refractivity contribution in [2.45, 2.75) is 18.9 Å². The second-order valence-corrected chi connectivity index (χ2v) is 6.95. The summed E-state index contributed by atoms with van der Waals surface area (Å²) in [6.07, 6.45) is 3.50. The number of esters is 1. The Bertz CT molecular complexity index is 882. The molecule has 8 heteroatoms. The monoisotopic (exact) mass is 397 g/mol. The molecule has 8 nitrogen and oxygen atoms in total. The van der Waals surface area contributed by atoms with E-state index in [1.54, 1.807) is 18.3 Å². The number of ether oxygens (including phenoxy) is 3. The first-order valence-corrected chi connectivity index (χ1v) is 9.73. The van der Waals surface area contributed by atoms with Gasteiger partial charge in [0.15, 0.2) is 18.1 Å². The average molecular weight is 397 g/mol. The van der Waals surface area contributed by atoms with Crippen LogP contribution < -0.4 is 19.7 Å². The standard InChI is InChI=1S/C21H23N3O5/c25-19(23-12-15-13-27-17-7-1-2-8-18(17)29-15)14-28-21(26)16-6-5-9-22-20(16)24-10-3-4-11-24/h1-2,5-9,15H,3-4,10-14H2,(H,23,25). The highest BCUT2D eigenvalue weighted by Gasteiger charge is 2.23. The topological polar surface area (TPSA) is 90.0 Å². The van der Waals surface area contributed by atoms with Crippen LogP contribution in [0.1, 0.15) is 23.2 Å². The van der Waals surface area contributed by atoms with E-state index in [1.807, 2.05) is 24.3 Å². The molecule has 0 saturated carbocycles. The van der Waals surface area contributed by atoms with Crippen LogP contribution in [0.25, 0.3) is 0 Å². The number of para-hydroxylation sites is 2. The third-order valence-corrected chi connectivity index (χ3v) is 4.84. The molecule has 4 rings (SSSR count). The quantitative estimate of drug-likeness (QED) is 0.744. The maximum absolute atomic E-state index is 12.5. The Balaban J connectivity index is 1.26. The zero-order chi connectivity index (χ0) is 20.1. The number of amides is 1. The smallest absolute Gasteiger partial charge is 0.342 e. The first-order valence-electron chi connectivity index (χ1n) is 9.73. The van der Waals surface area contributed by atoms with E-state index >= 15 is 0 Å². The van der Waals surface area contributed by atoms with Crippen molar-refractivity contribution < 1.29 is 23.8 Å². The molecule has 0 bridgehead atoms. The SMILES string of the molecule is O=C(COC(=O)c1cccnc1N1CCCC1)NCC1COc2ccccc2O1. The number of pyridine rings is 1. The van der Waals surface area contributed by atoms with E-state index in [2.05, 4.69) is 15.2 Å². The van der Waals surface area contributed by atoms with Gasteiger partial charge in [-0.2, -0.15) is 0 Å². The molecule has 0 spiro atoms. The van der Waals surface area contributed by atoms with Gasteiger partial charge in [-0.1, -0.05) is 12.1 Å². The normalized spacial score (nSPS) is 17.7. The predicted octanol–water partition coefficient (Wildman–Crippen LogP) is 1.79. The van der Waals surface area contributed by atoms with E-state index in [0.717, 1.165) is 25.9 Å². The summed E-state index contributed by atoms with van der Waals surface area (Å²) in [7, 11) is 0. The highest BCUT2D eigenvalue weighted by molar-refractivity contribution is 5.96. The highest BCUT2D eigenvalue weighted by atomic mass is 16.6. The van der Waals surface area contributed by atoms with E-state index in [0.29, 0.717) is 29.5 Å². The number of anilines is 1. The molecule has 2 aromatic rings. The fourth-order valence-corrected chi connectivity index (χ4v) is 3.39. The first kappa shape index (κ1) is 19.0. The van der Waals surface area contributed by atoms with Crippen LogP contribution in [0.2, 0.25) is 0 Å². The minimum absolute atomic E-state index is 0.261. The van der Waals surface area contributed by atoms with E-state index in [9.17, 15) is 9.59 Å². The fraction of sp³-hybridized carbons (Fsp3) is 0.381. The van der Waals surface area contributed by atoms with Crippen LogP contribution in [0.3, 0.4) is 0 Å². The van der Waals surface area contributed by atoms with E-state index < -0.39 is 11.9 Å². The van der Waals surface area contributed by atoms with Gasteiger partial charge in [-0.05, 0) is 37.1 Å². The summed E-state index contributed by atoms with van der Waals surface area (Å²) in [6.45, 7) is 1.97. The number of nitrogens with zero attached hydrogens (tertiary/aromatic N) is 2. The summed E-state index contributed by atoms with van der Waals surface area (Å²) in [5, 5.41) is 2.71. The van der Waals surface area contributed by atoms with Crippen LogP contribution in [-0.2, 0) is 9.53 Å². The predicted molar refractivity (Wildman–Crippen MR) is 105 cm³/mol. The largest absolute Gasteiger partial charge is 0.486 e. The van der Waals surface area contributed by atoms with Gasteiger partial charge in [-0.25, -0.2) is 9.78 Å². The lowest BCUT2D eigenvalue weighted by atomic mass is 10.2. The van der Waals surface area contributed by atoms with Crippen molar-refractivity contribution in [1.29, 1.82) is 0 Å². The molecule has 29 heavy (non-hydrogen) atoms. The summed E-state index contributed by atoms with van der Waals surface area (Å²) in [4.78, 5) is 30.9. The van der Waals surface area contributed by atoms with E-state index in [1.165, 1.54) is 0 Å². The van der Waals surface area contributed by atoms with Crippen LogP contribution in [0, 0.1) is 0 Å². The molecule has 1 aromatic carbocycles. The van der Waals surface area contributed by atoms with Gasteiger partial charge in [0.2, 0.25) is 0 Å². The Kier molecular flexibility index (Phi) is 5.79. The van der Waals surface area contributed by atoms with Gasteiger partial charge in [0.1, 0.15) is 24.1 Å². The van der Waals surface area contributed by atoms with Gasteiger partial charge in [0.05, 0.1) is 6.54 Å². The van der Waals surface area contributed by atoms with Crippen LogP contribution in [0.5, 0.6) is 11.5 Å². The Morgan fingerprint density at radius 2 is 1.93 bits per heavy atom. The second kappa shape index (κ2) is 8.81. The maximum atomic E-state index is 12.5. The Morgan fingerprint density at radius 3 is 2.76 bits per heavy atom. The Hall–Kier alpha value is -3.29. The number of aromatic nitrogens is 1. The molecule has 1 amide bonds. The van der Waals surface area contributed by atoms with E-state index in [4.69, 9.17) is 14.2 Å². The van der Waals surface area contributed by atoms with Gasteiger partial charge >= 0.3 is 5.97 Å². The van der Waals surface area contributed by atoms with E-state index in [-0.39, 0.29) is 19.3 Å². The van der Waals surface area contributed by atoms with Crippen molar-refractivity contribution in [2.75, 3.05) is 37.7 Å². The van der Waals surface area contributed by atoms with Gasteiger partial charge < -0.3 is 24.4 Å². The molecule has 1 unspecified atom stereocenters. The lowest BCUT2D eigenvalue weighted by Gasteiger charge is -2.26. The number of benzene rings is 1. The highest BCUT2D eigenvalue weighted by Crippen LogP contribution is 2.30. The average Bonchev–Trinajstić information content (AvgIpc) is 3.30. The van der Waals surface area contributed by atoms with Crippen LogP contribution in [0.4, 0.5) is 5.82 Å². The van der Waals surface area contributed by atoms with Crippen molar-refractivity contribution in [3.63, 3.8) is 0 Å². The summed E-state index contributed by atoms with van der Waals surface area (Å²) >= 11 is 0. The summed E-state index contributed by atoms with van der Waals surface area (Å²) in [6, 6.07) is 10.7. The Labute approximate surface area is 168 Å². The summed E-state index contributed by atoms with van der Waals surface area (Å²) in [5.41, 5.74) is 0.378. The molecular weight excluding hydrogens is 374 g/mol. The molecule has 3 heterocycles. The maximum Gasteiger partial charge on any atom is 0.342 e. The molecule has 1 aromatic heterocycles. The number of carbonyl (C=O) groups excluding carboxylic acids is 2. The zero-order valence-corrected chi connectivity index (χ0v) is 16.0. The van der Waals surface area contributed by atoms with Gasteiger partial charge in [-0.15, -0.1) is 0 Å². The molecule has 152 valence electrons. The van der Waals surface area contributed by atoms with Crippen molar-refractivity contribution in [1.82, 2.24) is 10.3 Å². The minimum atomic E-state index is -0.554. The Morgan fingerprint density at radius 1 is 1.14 bits per heavy atom. The number of fused-ring (bicyclic) bond motifs is 1. The van der Waals surface area contributed by atoms with Gasteiger partial charge in [-0.3, -0.25) is 4.79 Å². The third kappa shape index (κ3) is 4.59. The van der Waals surface area contributed by atoms with Crippen molar-refractivity contribution in [3.05, 3.63) is 48.2 Å². The van der Waals surface area contributed by atoms with Crippen LogP contribution in [-0.4, -0.2) is 55.8 Å². The molecule has 2 aliphatic rings. The fourth-order valence-electron chi connectivity index (χ4n) is 3.39. The molecule has 1 saturated heterocycles. The molecule has 1 N–H and O–H groups in total. The lowest BCUT2D eigenvalue weighted by molar-refractivity contribution is -0.124. The minimum Gasteiger partial charge on any atom is -0.486 e. The molecule has 1 atom stereocenters. The van der Waals surface area contributed by atoms with Crippen molar-refractivity contribution in [2.24, 2.45) is 0 Å². The molecule has 1 fully saturated rings. The summed E-state index contributed by atoms with van der Waals surface area (Å²) in [5.74, 6) is 1.00. The molecular formula is C21H23N3O5. The molecule has 2 aliphatic heterocycles. The van der Waals surface area contributed by atoms with Crippen LogP contribution >= 0.6 is 0 Å².